The summed E-state index contributed by atoms with van der Waals surface area (Å²) < 4.78 is 4.24. The van der Waals surface area contributed by atoms with E-state index in [0.29, 0.717) is 32.5 Å². The molecule has 1 N–H and O–H groups in total. The Morgan fingerprint density at radius 2 is 1.94 bits per heavy atom. The highest BCUT2D eigenvalue weighted by Gasteiger charge is 2.73. The number of esters is 1. The second-order valence-corrected chi connectivity index (χ2v) is 12.3. The zero-order chi connectivity index (χ0) is 25.2. The second-order valence-electron chi connectivity index (χ2n) is 10.6. The van der Waals surface area contributed by atoms with Crippen molar-refractivity contribution in [2.45, 2.75) is 87.3 Å². The highest BCUT2D eigenvalue weighted by atomic mass is 32.2. The molecule has 2 amide bonds. The highest BCUT2D eigenvalue weighted by molar-refractivity contribution is 8.02. The maximum absolute atomic E-state index is 14.2. The minimum atomic E-state index is -0.828. The molecular formula is C27H40N2O5S. The van der Waals surface area contributed by atoms with Gasteiger partial charge in [-0.15, -0.1) is 11.8 Å². The third-order valence-corrected chi connectivity index (χ3v) is 9.87. The Bertz CT molecular complexity index is 891. The van der Waals surface area contributed by atoms with Gasteiger partial charge in [-0.05, 0) is 52.4 Å². The molecule has 4 rings (SSSR count). The van der Waals surface area contributed by atoms with E-state index in [4.69, 9.17) is 4.74 Å². The molecule has 0 aromatic carbocycles. The molecule has 35 heavy (non-hydrogen) atoms. The average molecular weight is 505 g/mol. The molecule has 2 saturated heterocycles. The summed E-state index contributed by atoms with van der Waals surface area (Å²) in [6.45, 7) is 7.51. The molecule has 4 aliphatic rings. The summed E-state index contributed by atoms with van der Waals surface area (Å²) in [4.78, 5) is 45.4. The molecule has 0 saturated carbocycles. The number of nitrogens with zero attached hydrogens (tertiary/aromatic N) is 2. The van der Waals surface area contributed by atoms with Crippen molar-refractivity contribution in [3.63, 3.8) is 0 Å². The number of aliphatic hydroxyl groups is 1. The van der Waals surface area contributed by atoms with Crippen LogP contribution in [0.2, 0.25) is 0 Å². The lowest BCUT2D eigenvalue weighted by Crippen LogP contribution is -2.55. The molecule has 0 aromatic rings. The van der Waals surface area contributed by atoms with Crippen molar-refractivity contribution in [3.05, 3.63) is 24.3 Å². The minimum Gasteiger partial charge on any atom is -0.465 e. The summed E-state index contributed by atoms with van der Waals surface area (Å²) in [5.74, 6) is -1.82. The molecule has 0 bridgehead atoms. The van der Waals surface area contributed by atoms with E-state index in [1.54, 1.807) is 16.7 Å². The number of allylic oxidation sites excluding steroid dienone is 1. The van der Waals surface area contributed by atoms with Crippen LogP contribution in [-0.2, 0) is 19.1 Å². The predicted octanol–water partition coefficient (Wildman–Crippen LogP) is 3.32. The van der Waals surface area contributed by atoms with Crippen LogP contribution in [0.25, 0.3) is 0 Å². The lowest BCUT2D eigenvalue weighted by Gasteiger charge is -2.38. The smallest absolute Gasteiger partial charge is 0.311 e. The Hall–Kier alpha value is -1.80. The van der Waals surface area contributed by atoms with Gasteiger partial charge in [0.1, 0.15) is 6.04 Å². The molecular weight excluding hydrogens is 464 g/mol. The summed E-state index contributed by atoms with van der Waals surface area (Å²) in [5, 5.41) is 9.34. The summed E-state index contributed by atoms with van der Waals surface area (Å²) in [5.41, 5.74) is 0. The first-order valence-electron chi connectivity index (χ1n) is 13.2. The van der Waals surface area contributed by atoms with Crippen LogP contribution in [0.3, 0.4) is 0 Å². The van der Waals surface area contributed by atoms with Gasteiger partial charge in [-0.25, -0.2) is 0 Å². The zero-order valence-electron chi connectivity index (χ0n) is 21.3. The topological polar surface area (TPSA) is 87.2 Å². The number of carbonyl (C=O) groups excluding carboxylic acids is 3. The molecule has 2 fully saturated rings. The molecule has 0 radical (unpaired) electrons. The Labute approximate surface area is 213 Å². The fourth-order valence-electron chi connectivity index (χ4n) is 6.42. The SMILES string of the molecule is CCCC(C)N1CC=C[C@]23S[C@@]4(C)/C=C\CCCCOC(=O)[C@H]4[C@H]2C(=O)N(CCCCO)C3C1=O. The number of amides is 2. The van der Waals surface area contributed by atoms with E-state index in [0.717, 1.165) is 32.1 Å². The first kappa shape index (κ1) is 26.3. The third-order valence-electron chi connectivity index (χ3n) is 8.08. The molecule has 2 unspecified atom stereocenters. The fourth-order valence-corrected chi connectivity index (χ4v) is 8.57. The molecule has 8 heteroatoms. The van der Waals surface area contributed by atoms with Crippen LogP contribution in [0.15, 0.2) is 24.3 Å². The van der Waals surface area contributed by atoms with Gasteiger partial charge >= 0.3 is 5.97 Å². The number of rotatable bonds is 7. The maximum Gasteiger partial charge on any atom is 0.311 e. The largest absolute Gasteiger partial charge is 0.465 e. The van der Waals surface area contributed by atoms with E-state index in [-0.39, 0.29) is 30.4 Å². The second kappa shape index (κ2) is 10.7. The van der Waals surface area contributed by atoms with Crippen molar-refractivity contribution in [3.8, 4) is 0 Å². The summed E-state index contributed by atoms with van der Waals surface area (Å²) >= 11 is 1.60. The van der Waals surface area contributed by atoms with Crippen LogP contribution in [0.5, 0.6) is 0 Å². The molecule has 7 nitrogen and oxygen atoms in total. The van der Waals surface area contributed by atoms with Gasteiger partial charge in [0.15, 0.2) is 0 Å². The number of unbranched alkanes of at least 4 members (excludes halogenated alkanes) is 1. The quantitative estimate of drug-likeness (QED) is 0.325. The van der Waals surface area contributed by atoms with E-state index >= 15 is 0 Å². The van der Waals surface area contributed by atoms with Crippen molar-refractivity contribution in [2.24, 2.45) is 11.8 Å². The number of hydrogen-bond acceptors (Lipinski definition) is 6. The number of aliphatic hydroxyl groups excluding tert-OH is 1. The van der Waals surface area contributed by atoms with Crippen LogP contribution < -0.4 is 0 Å². The summed E-state index contributed by atoms with van der Waals surface area (Å²) in [7, 11) is 0. The van der Waals surface area contributed by atoms with Crippen molar-refractivity contribution < 1.29 is 24.2 Å². The predicted molar refractivity (Wildman–Crippen MR) is 137 cm³/mol. The van der Waals surface area contributed by atoms with Crippen LogP contribution in [0, 0.1) is 11.8 Å². The average Bonchev–Trinajstić information content (AvgIpc) is 3.14. The third kappa shape index (κ3) is 4.57. The monoisotopic (exact) mass is 504 g/mol. The Kier molecular flexibility index (Phi) is 8.01. The first-order valence-corrected chi connectivity index (χ1v) is 14.1. The van der Waals surface area contributed by atoms with E-state index < -0.39 is 27.4 Å². The molecule has 0 aliphatic carbocycles. The van der Waals surface area contributed by atoms with Crippen molar-refractivity contribution in [2.75, 3.05) is 26.3 Å². The number of ether oxygens (including phenoxy) is 1. The number of likely N-dealkylation sites (tertiary alicyclic amines) is 1. The lowest BCUT2D eigenvalue weighted by atomic mass is 9.74. The summed E-state index contributed by atoms with van der Waals surface area (Å²) in [6, 6.07) is -0.606. The van der Waals surface area contributed by atoms with E-state index in [2.05, 4.69) is 32.1 Å². The van der Waals surface area contributed by atoms with E-state index in [1.807, 2.05) is 17.9 Å². The summed E-state index contributed by atoms with van der Waals surface area (Å²) in [6.07, 6.45) is 14.0. The van der Waals surface area contributed by atoms with E-state index in [1.165, 1.54) is 0 Å². The van der Waals surface area contributed by atoms with Crippen LogP contribution in [0.1, 0.15) is 65.7 Å². The number of fused-ring (bicyclic) bond motifs is 2. The lowest BCUT2D eigenvalue weighted by molar-refractivity contribution is -0.154. The minimum absolute atomic E-state index is 0.0343. The van der Waals surface area contributed by atoms with Crippen LogP contribution >= 0.6 is 11.8 Å². The van der Waals surface area contributed by atoms with Crippen LogP contribution in [0.4, 0.5) is 0 Å². The van der Waals surface area contributed by atoms with Gasteiger partial charge < -0.3 is 19.6 Å². The zero-order valence-corrected chi connectivity index (χ0v) is 22.1. The van der Waals surface area contributed by atoms with Gasteiger partial charge in [0.25, 0.3) is 0 Å². The van der Waals surface area contributed by atoms with Gasteiger partial charge in [0, 0.05) is 30.5 Å². The van der Waals surface area contributed by atoms with Crippen molar-refractivity contribution >= 4 is 29.5 Å². The number of carbonyl (C=O) groups is 3. The van der Waals surface area contributed by atoms with Gasteiger partial charge in [0.2, 0.25) is 11.8 Å². The Balaban J connectivity index is 1.81. The standard InChI is InChI=1S/C27H40N2O5S/c1-4-12-19(2)28-16-11-14-27-20(23(31)29(15-8-9-17-30)22(27)24(28)32)21-25(33)34-18-10-6-5-7-13-26(21,3)35-27/h7,11,13-14,19-22,30H,4-6,8-10,12,15-18H2,1-3H3/b13-7-/t19?,20-,21+,22?,26-,27-/m0/s1. The van der Waals surface area contributed by atoms with Gasteiger partial charge in [0.05, 0.1) is 23.2 Å². The van der Waals surface area contributed by atoms with E-state index in [9.17, 15) is 19.5 Å². The number of cyclic esters (lactones) is 1. The number of hydrogen-bond donors (Lipinski definition) is 1. The molecule has 4 heterocycles. The van der Waals surface area contributed by atoms with Crippen LogP contribution in [-0.4, -0.2) is 80.6 Å². The Morgan fingerprint density at radius 3 is 2.69 bits per heavy atom. The Morgan fingerprint density at radius 1 is 1.14 bits per heavy atom. The normalized spacial score (nSPS) is 36.8. The number of thioether (sulfide) groups is 1. The van der Waals surface area contributed by atoms with Gasteiger partial charge in [-0.2, -0.15) is 0 Å². The van der Waals surface area contributed by atoms with Crippen molar-refractivity contribution in [1.29, 1.82) is 0 Å². The molecule has 0 aromatic heterocycles. The molecule has 4 aliphatic heterocycles. The maximum atomic E-state index is 14.2. The molecule has 6 atom stereocenters. The van der Waals surface area contributed by atoms with Crippen molar-refractivity contribution in [1.82, 2.24) is 9.80 Å². The first-order chi connectivity index (χ1) is 16.8. The van der Waals surface area contributed by atoms with Gasteiger partial charge in [-0.1, -0.05) is 37.6 Å². The molecule has 194 valence electrons. The fraction of sp³-hybridized carbons (Fsp3) is 0.741. The van der Waals surface area contributed by atoms with Gasteiger partial charge in [-0.3, -0.25) is 14.4 Å². The highest BCUT2D eigenvalue weighted by Crippen LogP contribution is 2.65. The molecule has 1 spiro atoms.